The van der Waals surface area contributed by atoms with Gasteiger partial charge in [-0.05, 0) is 30.7 Å². The van der Waals surface area contributed by atoms with Gasteiger partial charge in [0, 0.05) is 45.1 Å². The monoisotopic (exact) mass is 346 g/mol. The molecular formula is C18H23FN4O2. The second-order valence-corrected chi connectivity index (χ2v) is 6.23. The SMILES string of the molecule is COc1ccc(CN2CCN(C(=O)[C@@H](C)n3cccn3)CC2)cc1F. The molecule has 1 aliphatic rings. The van der Waals surface area contributed by atoms with Crippen LogP contribution in [0.15, 0.2) is 36.7 Å². The van der Waals surface area contributed by atoms with Crippen LogP contribution < -0.4 is 4.74 Å². The topological polar surface area (TPSA) is 50.6 Å². The first-order chi connectivity index (χ1) is 12.1. The third-order valence-corrected chi connectivity index (χ3v) is 4.59. The van der Waals surface area contributed by atoms with Crippen LogP contribution in [0, 0.1) is 5.82 Å². The number of ether oxygens (including phenoxy) is 1. The molecule has 1 fully saturated rings. The molecule has 25 heavy (non-hydrogen) atoms. The minimum absolute atomic E-state index is 0.0823. The summed E-state index contributed by atoms with van der Waals surface area (Å²) < 4.78 is 20.4. The zero-order chi connectivity index (χ0) is 17.8. The molecule has 0 radical (unpaired) electrons. The summed E-state index contributed by atoms with van der Waals surface area (Å²) in [6.45, 7) is 5.40. The first-order valence-electron chi connectivity index (χ1n) is 8.41. The van der Waals surface area contributed by atoms with Crippen LogP contribution in [-0.2, 0) is 11.3 Å². The Bertz CT molecular complexity index is 712. The first-order valence-corrected chi connectivity index (χ1v) is 8.41. The van der Waals surface area contributed by atoms with E-state index in [4.69, 9.17) is 4.74 Å². The van der Waals surface area contributed by atoms with Gasteiger partial charge in [0.15, 0.2) is 11.6 Å². The van der Waals surface area contributed by atoms with Gasteiger partial charge in [-0.15, -0.1) is 0 Å². The molecule has 0 N–H and O–H groups in total. The van der Waals surface area contributed by atoms with E-state index in [1.807, 2.05) is 24.0 Å². The summed E-state index contributed by atoms with van der Waals surface area (Å²) in [5.74, 6) is -0.00696. The van der Waals surface area contributed by atoms with Gasteiger partial charge in [-0.25, -0.2) is 4.39 Å². The lowest BCUT2D eigenvalue weighted by molar-refractivity contribution is -0.136. The third-order valence-electron chi connectivity index (χ3n) is 4.59. The van der Waals surface area contributed by atoms with E-state index in [1.165, 1.54) is 13.2 Å². The maximum Gasteiger partial charge on any atom is 0.247 e. The summed E-state index contributed by atoms with van der Waals surface area (Å²) in [5.41, 5.74) is 0.906. The Morgan fingerprint density at radius 2 is 2.08 bits per heavy atom. The number of piperazine rings is 1. The molecule has 2 heterocycles. The number of hydrogen-bond donors (Lipinski definition) is 0. The summed E-state index contributed by atoms with van der Waals surface area (Å²) in [6, 6.07) is 6.55. The minimum Gasteiger partial charge on any atom is -0.494 e. The summed E-state index contributed by atoms with van der Waals surface area (Å²) in [6.07, 6.45) is 3.48. The number of nitrogens with zero attached hydrogens (tertiary/aromatic N) is 4. The Morgan fingerprint density at radius 1 is 1.32 bits per heavy atom. The van der Waals surface area contributed by atoms with Crippen LogP contribution in [0.5, 0.6) is 5.75 Å². The van der Waals surface area contributed by atoms with Crippen LogP contribution in [0.25, 0.3) is 0 Å². The lowest BCUT2D eigenvalue weighted by Crippen LogP contribution is -2.49. The quantitative estimate of drug-likeness (QED) is 0.830. The fraction of sp³-hybridized carbons (Fsp3) is 0.444. The second-order valence-electron chi connectivity index (χ2n) is 6.23. The Labute approximate surface area is 146 Å². The van der Waals surface area contributed by atoms with Gasteiger partial charge in [0.2, 0.25) is 5.91 Å². The number of methoxy groups -OCH3 is 1. The maximum atomic E-state index is 13.8. The van der Waals surface area contributed by atoms with Crippen LogP contribution >= 0.6 is 0 Å². The highest BCUT2D eigenvalue weighted by Gasteiger charge is 2.26. The van der Waals surface area contributed by atoms with Crippen LogP contribution in [0.4, 0.5) is 4.39 Å². The van der Waals surface area contributed by atoms with Crippen molar-refractivity contribution < 1.29 is 13.9 Å². The molecule has 1 aliphatic heterocycles. The Balaban J connectivity index is 1.53. The maximum absolute atomic E-state index is 13.8. The second kappa shape index (κ2) is 7.65. The van der Waals surface area contributed by atoms with Gasteiger partial charge in [-0.1, -0.05) is 6.07 Å². The van der Waals surface area contributed by atoms with Gasteiger partial charge in [0.1, 0.15) is 6.04 Å². The fourth-order valence-electron chi connectivity index (χ4n) is 3.08. The van der Waals surface area contributed by atoms with Crippen LogP contribution in [-0.4, -0.2) is 58.8 Å². The number of amides is 1. The Morgan fingerprint density at radius 3 is 2.68 bits per heavy atom. The molecule has 1 atom stereocenters. The van der Waals surface area contributed by atoms with Crippen LogP contribution in [0.2, 0.25) is 0 Å². The lowest BCUT2D eigenvalue weighted by atomic mass is 10.1. The molecule has 1 amide bonds. The van der Waals surface area contributed by atoms with E-state index in [0.717, 1.165) is 18.7 Å². The molecule has 0 spiro atoms. The third kappa shape index (κ3) is 3.99. The molecule has 3 rings (SSSR count). The number of aromatic nitrogens is 2. The minimum atomic E-state index is -0.345. The number of carbonyl (C=O) groups is 1. The molecule has 1 aromatic heterocycles. The smallest absolute Gasteiger partial charge is 0.247 e. The van der Waals surface area contributed by atoms with Crippen molar-refractivity contribution in [1.82, 2.24) is 19.6 Å². The number of rotatable bonds is 5. The Kier molecular flexibility index (Phi) is 5.33. The van der Waals surface area contributed by atoms with Crippen molar-refractivity contribution in [2.75, 3.05) is 33.3 Å². The lowest BCUT2D eigenvalue weighted by Gasteiger charge is -2.36. The number of halogens is 1. The summed E-state index contributed by atoms with van der Waals surface area (Å²) >= 11 is 0. The number of benzene rings is 1. The van der Waals surface area contributed by atoms with E-state index in [-0.39, 0.29) is 23.5 Å². The first kappa shape index (κ1) is 17.4. The molecule has 7 heteroatoms. The van der Waals surface area contributed by atoms with Crippen molar-refractivity contribution in [3.05, 3.63) is 48.0 Å². The average molecular weight is 346 g/mol. The van der Waals surface area contributed by atoms with Crippen molar-refractivity contribution in [2.24, 2.45) is 0 Å². The van der Waals surface area contributed by atoms with Gasteiger partial charge in [0.25, 0.3) is 0 Å². The van der Waals surface area contributed by atoms with Gasteiger partial charge in [0.05, 0.1) is 7.11 Å². The highest BCUT2D eigenvalue weighted by Crippen LogP contribution is 2.19. The molecule has 0 bridgehead atoms. The zero-order valence-electron chi connectivity index (χ0n) is 14.6. The molecule has 0 saturated carbocycles. The van der Waals surface area contributed by atoms with Crippen molar-refractivity contribution in [3.8, 4) is 5.75 Å². The van der Waals surface area contributed by atoms with Gasteiger partial charge in [-0.3, -0.25) is 14.4 Å². The standard InChI is InChI=1S/C18H23FN4O2/c1-14(23-7-3-6-20-23)18(24)22-10-8-21(9-11-22)13-15-4-5-17(25-2)16(19)12-15/h3-7,12,14H,8-11,13H2,1-2H3/t14-/m1/s1. The van der Waals surface area contributed by atoms with E-state index in [0.29, 0.717) is 19.6 Å². The summed E-state index contributed by atoms with van der Waals surface area (Å²) in [4.78, 5) is 16.7. The molecule has 1 saturated heterocycles. The molecule has 6 nitrogen and oxygen atoms in total. The molecule has 1 aromatic carbocycles. The van der Waals surface area contributed by atoms with Crippen LogP contribution in [0.1, 0.15) is 18.5 Å². The van der Waals surface area contributed by atoms with Gasteiger partial charge in [-0.2, -0.15) is 5.10 Å². The summed E-state index contributed by atoms with van der Waals surface area (Å²) in [5, 5.41) is 4.14. The number of hydrogen-bond acceptors (Lipinski definition) is 4. The largest absolute Gasteiger partial charge is 0.494 e. The summed E-state index contributed by atoms with van der Waals surface area (Å²) in [7, 11) is 1.46. The predicted octanol–water partition coefficient (Wildman–Crippen LogP) is 1.94. The molecule has 0 unspecified atom stereocenters. The van der Waals surface area contributed by atoms with Gasteiger partial charge >= 0.3 is 0 Å². The van der Waals surface area contributed by atoms with Crippen molar-refractivity contribution in [2.45, 2.75) is 19.5 Å². The van der Waals surface area contributed by atoms with E-state index >= 15 is 0 Å². The highest BCUT2D eigenvalue weighted by molar-refractivity contribution is 5.80. The van der Waals surface area contributed by atoms with E-state index in [9.17, 15) is 9.18 Å². The average Bonchev–Trinajstić information content (AvgIpc) is 3.16. The van der Waals surface area contributed by atoms with E-state index in [1.54, 1.807) is 23.1 Å². The predicted molar refractivity (Wildman–Crippen MR) is 91.7 cm³/mol. The molecule has 0 aliphatic carbocycles. The molecule has 134 valence electrons. The van der Waals surface area contributed by atoms with Crippen molar-refractivity contribution in [3.63, 3.8) is 0 Å². The van der Waals surface area contributed by atoms with E-state index < -0.39 is 0 Å². The van der Waals surface area contributed by atoms with E-state index in [2.05, 4.69) is 10.00 Å². The van der Waals surface area contributed by atoms with Crippen molar-refractivity contribution in [1.29, 1.82) is 0 Å². The fourth-order valence-corrected chi connectivity index (χ4v) is 3.08. The highest BCUT2D eigenvalue weighted by atomic mass is 19.1. The van der Waals surface area contributed by atoms with Crippen molar-refractivity contribution >= 4 is 5.91 Å². The normalized spacial score (nSPS) is 16.7. The molecular weight excluding hydrogens is 323 g/mol. The van der Waals surface area contributed by atoms with Crippen LogP contribution in [0.3, 0.4) is 0 Å². The zero-order valence-corrected chi connectivity index (χ0v) is 14.6. The molecule has 2 aromatic rings. The Hall–Kier alpha value is -2.41. The number of carbonyl (C=O) groups excluding carboxylic acids is 1. The van der Waals surface area contributed by atoms with Gasteiger partial charge < -0.3 is 9.64 Å².